The summed E-state index contributed by atoms with van der Waals surface area (Å²) >= 11 is 6.06. The topological polar surface area (TPSA) is 40.5 Å². The van der Waals surface area contributed by atoms with Gasteiger partial charge in [0.2, 0.25) is 6.41 Å². The van der Waals surface area contributed by atoms with Gasteiger partial charge in [-0.25, -0.2) is 0 Å². The number of rotatable bonds is 3. The quantitative estimate of drug-likeness (QED) is 0.841. The first kappa shape index (κ1) is 12.4. The van der Waals surface area contributed by atoms with Crippen LogP contribution in [0.2, 0.25) is 5.02 Å². The van der Waals surface area contributed by atoms with Crippen molar-refractivity contribution < 1.29 is 9.90 Å². The second kappa shape index (κ2) is 5.52. The third kappa shape index (κ3) is 2.61. The summed E-state index contributed by atoms with van der Waals surface area (Å²) in [6.07, 6.45) is 2.99. The Bertz CT molecular complexity index is 397. The number of hydrogen-bond acceptors (Lipinski definition) is 2. The summed E-state index contributed by atoms with van der Waals surface area (Å²) in [4.78, 5) is 12.7. The smallest absolute Gasteiger partial charge is 0.210 e. The summed E-state index contributed by atoms with van der Waals surface area (Å²) in [5, 5.41) is 10.9. The number of benzene rings is 1. The normalized spacial score (nSPS) is 22.2. The molecule has 1 aliphatic heterocycles. The Morgan fingerprint density at radius 3 is 2.88 bits per heavy atom. The first-order valence-electron chi connectivity index (χ1n) is 5.87. The molecule has 1 aliphatic rings. The molecule has 2 unspecified atom stereocenters. The Morgan fingerprint density at radius 1 is 1.41 bits per heavy atom. The molecule has 0 bridgehead atoms. The molecule has 1 aromatic rings. The number of piperidine rings is 1. The van der Waals surface area contributed by atoms with Crippen molar-refractivity contribution in [1.29, 1.82) is 0 Å². The maximum atomic E-state index is 11.0. The number of likely N-dealkylation sites (tertiary alicyclic amines) is 1. The number of carbonyl (C=O) groups is 1. The minimum absolute atomic E-state index is 0.152. The molecule has 1 heterocycles. The predicted octanol–water partition coefficient (Wildman–Crippen LogP) is 2.38. The average molecular weight is 254 g/mol. The largest absolute Gasteiger partial charge is 0.386 e. The summed E-state index contributed by atoms with van der Waals surface area (Å²) in [6, 6.07) is 7.09. The highest BCUT2D eigenvalue weighted by Crippen LogP contribution is 2.31. The monoisotopic (exact) mass is 253 g/mol. The Balaban J connectivity index is 2.21. The lowest BCUT2D eigenvalue weighted by Crippen LogP contribution is -2.42. The molecule has 1 aromatic carbocycles. The fourth-order valence-corrected chi connectivity index (χ4v) is 2.62. The maximum absolute atomic E-state index is 11.0. The molecule has 0 aromatic heterocycles. The van der Waals surface area contributed by atoms with Gasteiger partial charge in [0, 0.05) is 17.1 Å². The van der Waals surface area contributed by atoms with Crippen LogP contribution in [-0.4, -0.2) is 29.0 Å². The van der Waals surface area contributed by atoms with Crippen LogP contribution in [-0.2, 0) is 4.79 Å². The molecule has 0 radical (unpaired) electrons. The molecule has 2 atom stereocenters. The van der Waals surface area contributed by atoms with Crippen molar-refractivity contribution in [3.63, 3.8) is 0 Å². The molecule has 1 amide bonds. The van der Waals surface area contributed by atoms with E-state index in [1.165, 1.54) is 0 Å². The molecular weight excluding hydrogens is 238 g/mol. The molecule has 4 heteroatoms. The molecule has 17 heavy (non-hydrogen) atoms. The van der Waals surface area contributed by atoms with E-state index in [0.29, 0.717) is 10.6 Å². The Hall–Kier alpha value is -1.06. The highest BCUT2D eigenvalue weighted by atomic mass is 35.5. The Labute approximate surface area is 106 Å². The highest BCUT2D eigenvalue weighted by molar-refractivity contribution is 6.31. The molecule has 92 valence electrons. The maximum Gasteiger partial charge on any atom is 0.210 e. The molecule has 0 spiro atoms. The summed E-state index contributed by atoms with van der Waals surface area (Å²) in [5.41, 5.74) is 0.702. The van der Waals surface area contributed by atoms with Crippen molar-refractivity contribution in [3.8, 4) is 0 Å². The van der Waals surface area contributed by atoms with E-state index >= 15 is 0 Å². The van der Waals surface area contributed by atoms with Crippen LogP contribution in [0.4, 0.5) is 0 Å². The SMILES string of the molecule is O=CN1CCCCC1C(O)c1ccccc1Cl. The molecule has 0 aliphatic carbocycles. The van der Waals surface area contributed by atoms with Crippen molar-refractivity contribution in [2.45, 2.75) is 31.4 Å². The fraction of sp³-hybridized carbons (Fsp3) is 0.462. The van der Waals surface area contributed by atoms with Crippen LogP contribution < -0.4 is 0 Å². The third-order valence-electron chi connectivity index (χ3n) is 3.32. The molecule has 1 saturated heterocycles. The lowest BCUT2D eigenvalue weighted by atomic mass is 9.93. The second-order valence-electron chi connectivity index (χ2n) is 4.37. The zero-order valence-corrected chi connectivity index (χ0v) is 10.3. The molecule has 0 saturated carbocycles. The van der Waals surface area contributed by atoms with Crippen molar-refractivity contribution in [2.75, 3.05) is 6.54 Å². The van der Waals surface area contributed by atoms with Crippen LogP contribution in [0, 0.1) is 0 Å². The minimum Gasteiger partial charge on any atom is -0.386 e. The van der Waals surface area contributed by atoms with Crippen molar-refractivity contribution in [2.24, 2.45) is 0 Å². The summed E-state index contributed by atoms with van der Waals surface area (Å²) in [7, 11) is 0. The molecule has 2 rings (SSSR count). The lowest BCUT2D eigenvalue weighted by Gasteiger charge is -2.36. The average Bonchev–Trinajstić information content (AvgIpc) is 2.38. The van der Waals surface area contributed by atoms with E-state index in [2.05, 4.69) is 0 Å². The van der Waals surface area contributed by atoms with Gasteiger partial charge in [-0.3, -0.25) is 4.79 Å². The van der Waals surface area contributed by atoms with Gasteiger partial charge < -0.3 is 10.0 Å². The number of aliphatic hydroxyl groups is 1. The summed E-state index contributed by atoms with van der Waals surface area (Å²) in [5.74, 6) is 0. The molecule has 1 N–H and O–H groups in total. The van der Waals surface area contributed by atoms with E-state index in [9.17, 15) is 9.90 Å². The number of carbonyl (C=O) groups excluding carboxylic acids is 1. The fourth-order valence-electron chi connectivity index (χ4n) is 2.37. The molecule has 3 nitrogen and oxygen atoms in total. The zero-order chi connectivity index (χ0) is 12.3. The number of aliphatic hydroxyl groups excluding tert-OH is 1. The van der Waals surface area contributed by atoms with Gasteiger partial charge in [-0.15, -0.1) is 0 Å². The van der Waals surface area contributed by atoms with E-state index < -0.39 is 6.10 Å². The summed E-state index contributed by atoms with van der Waals surface area (Å²) in [6.45, 7) is 0.718. The summed E-state index contributed by atoms with van der Waals surface area (Å²) < 4.78 is 0. The van der Waals surface area contributed by atoms with Crippen LogP contribution >= 0.6 is 11.6 Å². The van der Waals surface area contributed by atoms with Crippen LogP contribution in [0.1, 0.15) is 30.9 Å². The first-order chi connectivity index (χ1) is 8.24. The molecule has 1 fully saturated rings. The van der Waals surface area contributed by atoms with Gasteiger partial charge >= 0.3 is 0 Å². The van der Waals surface area contributed by atoms with Crippen LogP contribution in [0.5, 0.6) is 0 Å². The van der Waals surface area contributed by atoms with Gasteiger partial charge in [-0.1, -0.05) is 29.8 Å². The van der Waals surface area contributed by atoms with Gasteiger partial charge in [0.05, 0.1) is 6.04 Å². The van der Waals surface area contributed by atoms with E-state index in [-0.39, 0.29) is 6.04 Å². The predicted molar refractivity (Wildman–Crippen MR) is 66.8 cm³/mol. The van der Waals surface area contributed by atoms with Crippen molar-refractivity contribution >= 4 is 18.0 Å². The minimum atomic E-state index is -0.700. The highest BCUT2D eigenvalue weighted by Gasteiger charge is 2.29. The van der Waals surface area contributed by atoms with Crippen LogP contribution in [0.3, 0.4) is 0 Å². The van der Waals surface area contributed by atoms with E-state index in [1.54, 1.807) is 11.0 Å². The Morgan fingerprint density at radius 2 is 2.18 bits per heavy atom. The number of hydrogen-bond donors (Lipinski definition) is 1. The molecular formula is C13H16ClNO2. The standard InChI is InChI=1S/C13H16ClNO2/c14-11-6-2-1-5-10(11)13(17)12-7-3-4-8-15(12)9-16/h1-2,5-6,9,12-13,17H,3-4,7-8H2. The van der Waals surface area contributed by atoms with Crippen LogP contribution in [0.15, 0.2) is 24.3 Å². The van der Waals surface area contributed by atoms with Gasteiger partial charge in [-0.2, -0.15) is 0 Å². The van der Waals surface area contributed by atoms with E-state index in [1.807, 2.05) is 18.2 Å². The third-order valence-corrected chi connectivity index (χ3v) is 3.66. The van der Waals surface area contributed by atoms with E-state index in [0.717, 1.165) is 32.2 Å². The Kier molecular flexibility index (Phi) is 4.02. The van der Waals surface area contributed by atoms with Gasteiger partial charge in [-0.05, 0) is 25.3 Å². The van der Waals surface area contributed by atoms with Crippen molar-refractivity contribution in [1.82, 2.24) is 4.90 Å². The van der Waals surface area contributed by atoms with E-state index in [4.69, 9.17) is 11.6 Å². The van der Waals surface area contributed by atoms with Gasteiger partial charge in [0.15, 0.2) is 0 Å². The number of halogens is 1. The van der Waals surface area contributed by atoms with Gasteiger partial charge in [0.1, 0.15) is 6.10 Å². The second-order valence-corrected chi connectivity index (χ2v) is 4.78. The van der Waals surface area contributed by atoms with Crippen molar-refractivity contribution in [3.05, 3.63) is 34.9 Å². The van der Waals surface area contributed by atoms with Gasteiger partial charge in [0.25, 0.3) is 0 Å². The number of nitrogens with zero attached hydrogens (tertiary/aromatic N) is 1. The first-order valence-corrected chi connectivity index (χ1v) is 6.25. The number of amides is 1. The lowest BCUT2D eigenvalue weighted by molar-refractivity contribution is -0.124. The zero-order valence-electron chi connectivity index (χ0n) is 9.55. The van der Waals surface area contributed by atoms with Crippen LogP contribution in [0.25, 0.3) is 0 Å².